The molecule has 0 saturated heterocycles. The van der Waals surface area contributed by atoms with E-state index in [4.69, 9.17) is 0 Å². The molecule has 122 valence electrons. The van der Waals surface area contributed by atoms with Gasteiger partial charge in [0.25, 0.3) is 0 Å². The number of aromatic amines is 1. The third-order valence-corrected chi connectivity index (χ3v) is 4.43. The molecule has 7 nitrogen and oxygen atoms in total. The van der Waals surface area contributed by atoms with Crippen molar-refractivity contribution >= 4 is 33.1 Å². The summed E-state index contributed by atoms with van der Waals surface area (Å²) in [7, 11) is 0. The number of anilines is 1. The molecule has 0 fully saturated rings. The molecule has 0 spiro atoms. The van der Waals surface area contributed by atoms with Crippen molar-refractivity contribution in [2.45, 2.75) is 6.42 Å². The monoisotopic (exact) mass is 329 g/mol. The van der Waals surface area contributed by atoms with Crippen LogP contribution in [0.2, 0.25) is 0 Å². The maximum absolute atomic E-state index is 4.51. The van der Waals surface area contributed by atoms with Crippen LogP contribution >= 0.6 is 0 Å². The van der Waals surface area contributed by atoms with Gasteiger partial charge in [-0.15, -0.1) is 14.8 Å². The van der Waals surface area contributed by atoms with Gasteiger partial charge in [-0.25, -0.2) is 0 Å². The fourth-order valence-corrected chi connectivity index (χ4v) is 3.23. The molecule has 5 aromatic rings. The van der Waals surface area contributed by atoms with Crippen LogP contribution in [0.5, 0.6) is 0 Å². The van der Waals surface area contributed by atoms with E-state index in [1.54, 1.807) is 0 Å². The molecule has 0 radical (unpaired) electrons. The molecule has 2 aromatic carbocycles. The molecule has 7 heteroatoms. The van der Waals surface area contributed by atoms with Crippen molar-refractivity contribution in [3.63, 3.8) is 0 Å². The number of rotatable bonds is 4. The Kier molecular flexibility index (Phi) is 3.09. The number of nitrogens with zero attached hydrogens (tertiary/aromatic N) is 5. The number of hydrogen-bond donors (Lipinski definition) is 2. The van der Waals surface area contributed by atoms with Crippen molar-refractivity contribution in [2.24, 2.45) is 0 Å². The second-order valence-corrected chi connectivity index (χ2v) is 5.92. The summed E-state index contributed by atoms with van der Waals surface area (Å²) in [6.07, 6.45) is 2.97. The number of hydrogen-bond acceptors (Lipinski definition) is 5. The summed E-state index contributed by atoms with van der Waals surface area (Å²) < 4.78 is 1.47. The Morgan fingerprint density at radius 3 is 2.68 bits per heavy atom. The van der Waals surface area contributed by atoms with E-state index >= 15 is 0 Å². The molecule has 0 aliphatic heterocycles. The first-order valence-corrected chi connectivity index (χ1v) is 8.16. The summed E-state index contributed by atoms with van der Waals surface area (Å²) in [4.78, 5) is 3.31. The molecule has 0 saturated carbocycles. The van der Waals surface area contributed by atoms with E-state index in [-0.39, 0.29) is 0 Å². The average Bonchev–Trinajstić information content (AvgIpc) is 3.29. The highest BCUT2D eigenvalue weighted by molar-refractivity contribution is 5.99. The van der Waals surface area contributed by atoms with E-state index in [0.717, 1.165) is 35.1 Å². The first-order chi connectivity index (χ1) is 12.4. The quantitative estimate of drug-likeness (QED) is 0.530. The summed E-state index contributed by atoms with van der Waals surface area (Å²) in [5.74, 6) is 0.787. The van der Waals surface area contributed by atoms with Crippen LogP contribution in [0.3, 0.4) is 0 Å². The Balaban J connectivity index is 1.45. The highest BCUT2D eigenvalue weighted by Crippen LogP contribution is 2.24. The van der Waals surface area contributed by atoms with Gasteiger partial charge in [-0.1, -0.05) is 42.5 Å². The number of benzene rings is 2. The van der Waals surface area contributed by atoms with Crippen LogP contribution in [-0.4, -0.2) is 36.8 Å². The Labute approximate surface area is 142 Å². The normalized spacial score (nSPS) is 11.5. The Morgan fingerprint density at radius 1 is 0.960 bits per heavy atom. The molecule has 0 aliphatic carbocycles. The van der Waals surface area contributed by atoms with Crippen LogP contribution in [0.25, 0.3) is 27.3 Å². The van der Waals surface area contributed by atoms with Crippen molar-refractivity contribution in [3.8, 4) is 0 Å². The van der Waals surface area contributed by atoms with Gasteiger partial charge in [-0.2, -0.15) is 0 Å². The lowest BCUT2D eigenvalue weighted by Gasteiger charge is -2.08. The van der Waals surface area contributed by atoms with E-state index < -0.39 is 0 Å². The van der Waals surface area contributed by atoms with Crippen LogP contribution in [0.1, 0.15) is 5.56 Å². The number of aromatic nitrogens is 6. The van der Waals surface area contributed by atoms with Crippen molar-refractivity contribution in [1.29, 1.82) is 0 Å². The van der Waals surface area contributed by atoms with Crippen molar-refractivity contribution in [2.75, 3.05) is 11.9 Å². The van der Waals surface area contributed by atoms with Gasteiger partial charge in [0.15, 0.2) is 5.82 Å². The number of para-hydroxylation sites is 1. The lowest BCUT2D eigenvalue weighted by Crippen LogP contribution is -2.09. The molecule has 0 amide bonds. The summed E-state index contributed by atoms with van der Waals surface area (Å²) in [5, 5.41) is 22.9. The standard InChI is InChI=1S/C18H15N7/c1-2-7-15-14(6-1)17(22-25-18(15)21-23-24-25)19-10-9-12-11-20-16-8-4-3-5-13(12)16/h1-8,11,20H,9-10H2,(H,19,22). The van der Waals surface area contributed by atoms with Crippen LogP contribution in [0.15, 0.2) is 54.7 Å². The number of nitrogens with one attached hydrogen (secondary N) is 2. The minimum absolute atomic E-state index is 0.665. The molecule has 0 bridgehead atoms. The maximum Gasteiger partial charge on any atom is 0.207 e. The maximum atomic E-state index is 4.51. The number of H-pyrrole nitrogens is 1. The third-order valence-electron chi connectivity index (χ3n) is 4.43. The molecule has 0 aliphatic rings. The second-order valence-electron chi connectivity index (χ2n) is 5.92. The summed E-state index contributed by atoms with van der Waals surface area (Å²) in [6, 6.07) is 16.3. The topological polar surface area (TPSA) is 83.8 Å². The number of fused-ring (bicyclic) bond motifs is 4. The molecule has 25 heavy (non-hydrogen) atoms. The average molecular weight is 329 g/mol. The van der Waals surface area contributed by atoms with E-state index in [9.17, 15) is 0 Å². The molecule has 5 rings (SSSR count). The largest absolute Gasteiger partial charge is 0.368 e. The van der Waals surface area contributed by atoms with E-state index in [0.29, 0.717) is 5.65 Å². The third kappa shape index (κ3) is 2.28. The predicted molar refractivity (Wildman–Crippen MR) is 96.6 cm³/mol. The SMILES string of the molecule is c1ccc2c(CCNc3nn4nnnc4c4ccccc34)c[nH]c2c1. The highest BCUT2D eigenvalue weighted by atomic mass is 15.6. The van der Waals surface area contributed by atoms with Gasteiger partial charge in [0, 0.05) is 34.4 Å². The van der Waals surface area contributed by atoms with Crippen molar-refractivity contribution in [3.05, 3.63) is 60.3 Å². The van der Waals surface area contributed by atoms with Crippen LogP contribution in [-0.2, 0) is 6.42 Å². The Hall–Kier alpha value is -3.48. The van der Waals surface area contributed by atoms with Gasteiger partial charge in [0.2, 0.25) is 5.65 Å². The number of tetrazole rings is 1. The molecule has 3 heterocycles. The zero-order chi connectivity index (χ0) is 16.6. The van der Waals surface area contributed by atoms with Crippen LogP contribution in [0.4, 0.5) is 5.82 Å². The van der Waals surface area contributed by atoms with Crippen molar-refractivity contribution < 1.29 is 0 Å². The molecular formula is C18H15N7. The lowest BCUT2D eigenvalue weighted by molar-refractivity contribution is 0.737. The lowest BCUT2D eigenvalue weighted by atomic mass is 10.1. The van der Waals surface area contributed by atoms with Gasteiger partial charge in [-0.3, -0.25) is 0 Å². The van der Waals surface area contributed by atoms with Crippen LogP contribution in [0, 0.1) is 0 Å². The Morgan fingerprint density at radius 2 is 1.76 bits per heavy atom. The van der Waals surface area contributed by atoms with Gasteiger partial charge >= 0.3 is 0 Å². The minimum Gasteiger partial charge on any atom is -0.368 e. The molecule has 3 aromatic heterocycles. The summed E-state index contributed by atoms with van der Waals surface area (Å²) >= 11 is 0. The predicted octanol–water partition coefficient (Wildman–Crippen LogP) is 2.81. The molecule has 0 atom stereocenters. The summed E-state index contributed by atoms with van der Waals surface area (Å²) in [5.41, 5.74) is 3.12. The van der Waals surface area contributed by atoms with Gasteiger partial charge in [0.1, 0.15) is 0 Å². The first-order valence-electron chi connectivity index (χ1n) is 8.16. The van der Waals surface area contributed by atoms with Crippen molar-refractivity contribution in [1.82, 2.24) is 30.2 Å². The Bertz CT molecular complexity index is 1190. The van der Waals surface area contributed by atoms with E-state index in [1.165, 1.54) is 15.6 Å². The van der Waals surface area contributed by atoms with Gasteiger partial charge < -0.3 is 10.3 Å². The fraction of sp³-hybridized carbons (Fsp3) is 0.111. The van der Waals surface area contributed by atoms with E-state index in [1.807, 2.05) is 30.3 Å². The first kappa shape index (κ1) is 13.9. The smallest absolute Gasteiger partial charge is 0.207 e. The zero-order valence-corrected chi connectivity index (χ0v) is 13.3. The molecule has 0 unspecified atom stereocenters. The summed E-state index contributed by atoms with van der Waals surface area (Å²) in [6.45, 7) is 0.770. The van der Waals surface area contributed by atoms with Gasteiger partial charge in [-0.05, 0) is 28.5 Å². The molecular weight excluding hydrogens is 314 g/mol. The van der Waals surface area contributed by atoms with Crippen LogP contribution < -0.4 is 5.32 Å². The van der Waals surface area contributed by atoms with Gasteiger partial charge in [0.05, 0.1) is 0 Å². The van der Waals surface area contributed by atoms with E-state index in [2.05, 4.69) is 55.3 Å². The minimum atomic E-state index is 0.665. The highest BCUT2D eigenvalue weighted by Gasteiger charge is 2.10. The second kappa shape index (κ2) is 5.55. The fourth-order valence-electron chi connectivity index (χ4n) is 3.23. The zero-order valence-electron chi connectivity index (χ0n) is 13.3. The molecule has 2 N–H and O–H groups in total.